The number of carboxylic acids is 2. The maximum atomic E-state index is 11.6. The fourth-order valence-corrected chi connectivity index (χ4v) is 2.84. The average molecular weight is 308 g/mol. The van der Waals surface area contributed by atoms with Gasteiger partial charge in [-0.05, 0) is 17.9 Å². The van der Waals surface area contributed by atoms with Crippen molar-refractivity contribution in [2.45, 2.75) is 39.7 Å². The van der Waals surface area contributed by atoms with E-state index in [1.807, 2.05) is 44.2 Å². The zero-order valence-corrected chi connectivity index (χ0v) is 13.1. The molecular formula is C17H24O5. The summed E-state index contributed by atoms with van der Waals surface area (Å²) in [5, 5.41) is 19.0. The van der Waals surface area contributed by atoms with Crippen molar-refractivity contribution in [3.63, 3.8) is 0 Å². The van der Waals surface area contributed by atoms with Gasteiger partial charge in [-0.25, -0.2) is 0 Å². The van der Waals surface area contributed by atoms with Gasteiger partial charge in [0.15, 0.2) is 5.41 Å². The molecule has 22 heavy (non-hydrogen) atoms. The third kappa shape index (κ3) is 4.07. The Morgan fingerprint density at radius 1 is 1.09 bits per heavy atom. The Hall–Kier alpha value is -1.88. The highest BCUT2D eigenvalue weighted by Gasteiger charge is 2.51. The number of benzene rings is 1. The van der Waals surface area contributed by atoms with Gasteiger partial charge in [0.05, 0.1) is 6.61 Å². The smallest absolute Gasteiger partial charge is 0.321 e. The molecule has 0 aliphatic rings. The van der Waals surface area contributed by atoms with Crippen molar-refractivity contribution in [1.29, 1.82) is 0 Å². The number of carbonyl (C=O) groups is 2. The van der Waals surface area contributed by atoms with E-state index in [0.717, 1.165) is 5.56 Å². The molecule has 0 aliphatic carbocycles. The molecule has 5 heteroatoms. The van der Waals surface area contributed by atoms with Gasteiger partial charge in [0.25, 0.3) is 0 Å². The first kappa shape index (κ1) is 18.2. The average Bonchev–Trinajstić information content (AvgIpc) is 2.50. The predicted octanol–water partition coefficient (Wildman–Crippen LogP) is 3.19. The fraction of sp³-hybridized carbons (Fsp3) is 0.529. The molecule has 0 unspecified atom stereocenters. The summed E-state index contributed by atoms with van der Waals surface area (Å²) in [4.78, 5) is 23.3. The molecule has 0 saturated heterocycles. The second-order valence-electron chi connectivity index (χ2n) is 5.38. The van der Waals surface area contributed by atoms with Gasteiger partial charge in [-0.15, -0.1) is 0 Å². The van der Waals surface area contributed by atoms with Crippen LogP contribution in [0.3, 0.4) is 0 Å². The van der Waals surface area contributed by atoms with Crippen LogP contribution in [0.4, 0.5) is 0 Å². The molecule has 0 saturated carbocycles. The van der Waals surface area contributed by atoms with Crippen molar-refractivity contribution in [3.05, 3.63) is 35.9 Å². The highest BCUT2D eigenvalue weighted by molar-refractivity contribution is 5.98. The molecule has 0 bridgehead atoms. The van der Waals surface area contributed by atoms with Crippen molar-refractivity contribution >= 4 is 11.9 Å². The first-order valence-electron chi connectivity index (χ1n) is 7.57. The second kappa shape index (κ2) is 8.54. The SMILES string of the molecule is CCC(CC)C(CCOCc1ccccc1)(C(=O)O)C(=O)O. The van der Waals surface area contributed by atoms with E-state index < -0.39 is 23.3 Å². The molecule has 0 amide bonds. The van der Waals surface area contributed by atoms with Crippen LogP contribution in [0, 0.1) is 11.3 Å². The maximum absolute atomic E-state index is 11.6. The van der Waals surface area contributed by atoms with E-state index in [-0.39, 0.29) is 13.0 Å². The summed E-state index contributed by atoms with van der Waals surface area (Å²) in [7, 11) is 0. The third-order valence-electron chi connectivity index (χ3n) is 4.20. The minimum Gasteiger partial charge on any atom is -0.480 e. The number of ether oxygens (including phenoxy) is 1. The predicted molar refractivity (Wildman–Crippen MR) is 82.5 cm³/mol. The Labute approximate surface area is 130 Å². The lowest BCUT2D eigenvalue weighted by atomic mass is 9.70. The summed E-state index contributed by atoms with van der Waals surface area (Å²) in [6.45, 7) is 4.09. The van der Waals surface area contributed by atoms with Crippen molar-refractivity contribution in [3.8, 4) is 0 Å². The van der Waals surface area contributed by atoms with Gasteiger partial charge in [-0.1, -0.05) is 57.0 Å². The van der Waals surface area contributed by atoms with Gasteiger partial charge in [-0.2, -0.15) is 0 Å². The summed E-state index contributed by atoms with van der Waals surface area (Å²) in [5.41, 5.74) is -0.804. The van der Waals surface area contributed by atoms with E-state index in [0.29, 0.717) is 19.4 Å². The Balaban J connectivity index is 2.73. The number of carboxylic acid groups (broad SMARTS) is 2. The Morgan fingerprint density at radius 2 is 1.64 bits per heavy atom. The number of rotatable bonds is 10. The second-order valence-corrected chi connectivity index (χ2v) is 5.38. The summed E-state index contributed by atoms with van der Waals surface area (Å²) >= 11 is 0. The van der Waals surface area contributed by atoms with Gasteiger partial charge < -0.3 is 14.9 Å². The largest absolute Gasteiger partial charge is 0.480 e. The Bertz CT molecular complexity index is 465. The van der Waals surface area contributed by atoms with E-state index in [1.165, 1.54) is 0 Å². The first-order chi connectivity index (χ1) is 10.5. The van der Waals surface area contributed by atoms with Gasteiger partial charge in [0.2, 0.25) is 0 Å². The molecule has 0 radical (unpaired) electrons. The van der Waals surface area contributed by atoms with Crippen LogP contribution in [0.5, 0.6) is 0 Å². The monoisotopic (exact) mass is 308 g/mol. The third-order valence-corrected chi connectivity index (χ3v) is 4.20. The first-order valence-corrected chi connectivity index (χ1v) is 7.57. The normalized spacial score (nSPS) is 11.6. The van der Waals surface area contributed by atoms with Crippen LogP contribution in [-0.2, 0) is 20.9 Å². The highest BCUT2D eigenvalue weighted by Crippen LogP contribution is 2.37. The molecular weight excluding hydrogens is 284 g/mol. The summed E-state index contributed by atoms with van der Waals surface area (Å²) in [6, 6.07) is 9.49. The van der Waals surface area contributed by atoms with E-state index in [9.17, 15) is 19.8 Å². The lowest BCUT2D eigenvalue weighted by Crippen LogP contribution is -2.46. The molecule has 122 valence electrons. The molecule has 0 aromatic heterocycles. The van der Waals surface area contributed by atoms with Crippen molar-refractivity contribution in [1.82, 2.24) is 0 Å². The molecule has 0 fully saturated rings. The summed E-state index contributed by atoms with van der Waals surface area (Å²) in [5.74, 6) is -2.98. The molecule has 2 N–H and O–H groups in total. The van der Waals surface area contributed by atoms with Crippen molar-refractivity contribution in [2.75, 3.05) is 6.61 Å². The molecule has 0 atom stereocenters. The number of hydrogen-bond donors (Lipinski definition) is 2. The van der Waals surface area contributed by atoms with E-state index in [4.69, 9.17) is 4.74 Å². The Kier molecular flexibility index (Phi) is 7.05. The van der Waals surface area contributed by atoms with Crippen LogP contribution < -0.4 is 0 Å². The number of aliphatic carboxylic acids is 2. The van der Waals surface area contributed by atoms with Gasteiger partial charge in [0, 0.05) is 6.61 Å². The van der Waals surface area contributed by atoms with Crippen molar-refractivity contribution in [2.24, 2.45) is 11.3 Å². The van der Waals surface area contributed by atoms with Crippen LogP contribution in [-0.4, -0.2) is 28.8 Å². The quantitative estimate of drug-likeness (QED) is 0.512. The molecule has 0 heterocycles. The van der Waals surface area contributed by atoms with Gasteiger partial charge in [0.1, 0.15) is 0 Å². The molecule has 0 aliphatic heterocycles. The highest BCUT2D eigenvalue weighted by atomic mass is 16.5. The van der Waals surface area contributed by atoms with Crippen LogP contribution in [0.15, 0.2) is 30.3 Å². The molecule has 1 aromatic carbocycles. The zero-order chi connectivity index (χ0) is 16.6. The van der Waals surface area contributed by atoms with E-state index >= 15 is 0 Å². The molecule has 1 aromatic rings. The van der Waals surface area contributed by atoms with Crippen LogP contribution in [0.1, 0.15) is 38.7 Å². The molecule has 0 spiro atoms. The molecule has 5 nitrogen and oxygen atoms in total. The Morgan fingerprint density at radius 3 is 2.09 bits per heavy atom. The van der Waals surface area contributed by atoms with Gasteiger partial charge in [-0.3, -0.25) is 9.59 Å². The minimum atomic E-state index is -1.78. The maximum Gasteiger partial charge on any atom is 0.321 e. The van der Waals surface area contributed by atoms with Crippen LogP contribution >= 0.6 is 0 Å². The minimum absolute atomic E-state index is 0.0309. The van der Waals surface area contributed by atoms with Crippen molar-refractivity contribution < 1.29 is 24.5 Å². The lowest BCUT2D eigenvalue weighted by molar-refractivity contribution is -0.171. The number of hydrogen-bond acceptors (Lipinski definition) is 3. The molecule has 1 rings (SSSR count). The van der Waals surface area contributed by atoms with Crippen LogP contribution in [0.2, 0.25) is 0 Å². The fourth-order valence-electron chi connectivity index (χ4n) is 2.84. The topological polar surface area (TPSA) is 83.8 Å². The van der Waals surface area contributed by atoms with Crippen LogP contribution in [0.25, 0.3) is 0 Å². The van der Waals surface area contributed by atoms with E-state index in [2.05, 4.69) is 0 Å². The van der Waals surface area contributed by atoms with E-state index in [1.54, 1.807) is 0 Å². The summed E-state index contributed by atoms with van der Waals surface area (Å²) < 4.78 is 5.49. The van der Waals surface area contributed by atoms with Gasteiger partial charge >= 0.3 is 11.9 Å². The standard InChI is InChI=1S/C17H24O5/c1-3-14(4-2)17(15(18)19,16(20)21)10-11-22-12-13-8-6-5-7-9-13/h5-9,14H,3-4,10-12H2,1-2H3,(H,18,19)(H,20,21). The lowest BCUT2D eigenvalue weighted by Gasteiger charge is -2.32. The zero-order valence-electron chi connectivity index (χ0n) is 13.1. The summed E-state index contributed by atoms with van der Waals surface area (Å²) in [6.07, 6.45) is 0.985.